The van der Waals surface area contributed by atoms with Gasteiger partial charge >= 0.3 is 0 Å². The van der Waals surface area contributed by atoms with E-state index in [1.807, 2.05) is 6.20 Å². The van der Waals surface area contributed by atoms with Gasteiger partial charge in [-0.05, 0) is 105 Å². The smallest absolute Gasteiger partial charge is 0.135 e. The van der Waals surface area contributed by atoms with Gasteiger partial charge in [0.2, 0.25) is 0 Å². The van der Waals surface area contributed by atoms with Crippen molar-refractivity contribution in [2.24, 2.45) is 0 Å². The van der Waals surface area contributed by atoms with Crippen molar-refractivity contribution >= 4 is 44.9 Å². The summed E-state index contributed by atoms with van der Waals surface area (Å²) in [5.74, 6) is 0.986. The Morgan fingerprint density at radius 1 is 0.479 bits per heavy atom. The first-order valence-corrected chi connectivity index (χ1v) is 16.4. The molecule has 0 fully saturated rings. The number of hydrogen-bond donors (Lipinski definition) is 1. The number of rotatable bonds is 6. The molecule has 9 rings (SSSR count). The van der Waals surface area contributed by atoms with Gasteiger partial charge in [0, 0.05) is 28.0 Å². The molecule has 0 bridgehead atoms. The van der Waals surface area contributed by atoms with E-state index in [2.05, 4.69) is 180 Å². The molecule has 0 saturated heterocycles. The molecule has 0 spiro atoms. The second-order valence-electron chi connectivity index (χ2n) is 12.2. The Labute approximate surface area is 280 Å². The van der Waals surface area contributed by atoms with E-state index >= 15 is 0 Å². The first-order valence-electron chi connectivity index (χ1n) is 16.4. The van der Waals surface area contributed by atoms with Crippen molar-refractivity contribution in [3.8, 4) is 33.4 Å². The van der Waals surface area contributed by atoms with Crippen molar-refractivity contribution in [2.45, 2.75) is 6.54 Å². The van der Waals surface area contributed by atoms with Gasteiger partial charge in [0.05, 0.1) is 6.54 Å². The van der Waals surface area contributed by atoms with Crippen LogP contribution in [0, 0.1) is 0 Å². The van der Waals surface area contributed by atoms with Gasteiger partial charge in [-0.25, -0.2) is 0 Å². The van der Waals surface area contributed by atoms with E-state index in [0.717, 1.165) is 51.5 Å². The predicted octanol–water partition coefficient (Wildman–Crippen LogP) is 12.1. The van der Waals surface area contributed by atoms with Crippen LogP contribution in [-0.4, -0.2) is 0 Å². The van der Waals surface area contributed by atoms with E-state index in [-0.39, 0.29) is 0 Å². The lowest BCUT2D eigenvalue weighted by molar-refractivity contribution is 0.532. The number of nitrogens with zero attached hydrogens (tertiary/aromatic N) is 1. The Morgan fingerprint density at radius 2 is 1.06 bits per heavy atom. The highest BCUT2D eigenvalue weighted by Gasteiger charge is 2.17. The third kappa shape index (κ3) is 5.03. The molecule has 3 nitrogen and oxygen atoms in total. The summed E-state index contributed by atoms with van der Waals surface area (Å²) in [6, 6.07) is 58.8. The molecule has 7 aromatic carbocycles. The normalized spacial score (nSPS) is 12.2. The van der Waals surface area contributed by atoms with Gasteiger partial charge in [0.25, 0.3) is 0 Å². The number of furan rings is 1. The molecule has 1 aliphatic rings. The fourth-order valence-corrected chi connectivity index (χ4v) is 6.91. The van der Waals surface area contributed by atoms with E-state index in [1.165, 1.54) is 38.6 Å². The predicted molar refractivity (Wildman–Crippen MR) is 201 cm³/mol. The fraction of sp³-hybridized carbons (Fsp3) is 0.0222. The highest BCUT2D eigenvalue weighted by atomic mass is 16.3. The van der Waals surface area contributed by atoms with Crippen molar-refractivity contribution in [3.05, 3.63) is 181 Å². The molecule has 3 heteroatoms. The quantitative estimate of drug-likeness (QED) is 0.201. The zero-order valence-electron chi connectivity index (χ0n) is 26.3. The maximum atomic E-state index is 6.22. The van der Waals surface area contributed by atoms with Gasteiger partial charge in [0.1, 0.15) is 11.3 Å². The van der Waals surface area contributed by atoms with Crippen LogP contribution >= 0.6 is 0 Å². The minimum atomic E-state index is 0.718. The topological polar surface area (TPSA) is 28.4 Å². The number of nitrogens with one attached hydrogen (secondary N) is 1. The summed E-state index contributed by atoms with van der Waals surface area (Å²) < 4.78 is 6.22. The Morgan fingerprint density at radius 3 is 1.79 bits per heavy atom. The van der Waals surface area contributed by atoms with Crippen LogP contribution in [0.4, 0.5) is 17.1 Å². The second-order valence-corrected chi connectivity index (χ2v) is 12.2. The molecular formula is C45H32N2O. The third-order valence-corrected chi connectivity index (χ3v) is 9.35. The molecule has 0 amide bonds. The molecule has 1 aromatic heterocycles. The summed E-state index contributed by atoms with van der Waals surface area (Å²) in [4.78, 5) is 2.33. The maximum Gasteiger partial charge on any atom is 0.135 e. The van der Waals surface area contributed by atoms with Crippen molar-refractivity contribution < 1.29 is 4.42 Å². The standard InChI is InChI=1S/C45H32N2O/c1-2-7-31(8-3-1)32-13-20-37(21-14-32)47(39-24-17-35(18-25-39)41-12-6-10-34-9-4-5-11-40(34)41)38-22-15-33(16-23-38)36-19-26-42-43-27-28-46-30-45(43)48-44(42)29-36/h1-29,46H,30H2. The Kier molecular flexibility index (Phi) is 6.87. The summed E-state index contributed by atoms with van der Waals surface area (Å²) >= 11 is 0. The maximum absolute atomic E-state index is 6.22. The van der Waals surface area contributed by atoms with Crippen LogP contribution in [0.15, 0.2) is 174 Å². The SMILES string of the molecule is C1=Cc2c(oc3cc(-c4ccc(N(c5ccc(-c6ccccc6)cc5)c5ccc(-c6cccc7ccccc67)cc5)cc4)ccc23)CN1. The summed E-state index contributed by atoms with van der Waals surface area (Å²) in [6.07, 6.45) is 4.08. The lowest BCUT2D eigenvalue weighted by Gasteiger charge is -2.26. The summed E-state index contributed by atoms with van der Waals surface area (Å²) in [7, 11) is 0. The lowest BCUT2D eigenvalue weighted by atomic mass is 9.98. The highest BCUT2D eigenvalue weighted by Crippen LogP contribution is 2.39. The van der Waals surface area contributed by atoms with E-state index in [0.29, 0.717) is 0 Å². The molecule has 228 valence electrons. The third-order valence-electron chi connectivity index (χ3n) is 9.35. The highest BCUT2D eigenvalue weighted by molar-refractivity contribution is 5.97. The van der Waals surface area contributed by atoms with Crippen molar-refractivity contribution in [1.29, 1.82) is 0 Å². The summed E-state index contributed by atoms with van der Waals surface area (Å²) in [6.45, 7) is 0.718. The molecule has 0 unspecified atom stereocenters. The Balaban J connectivity index is 1.09. The number of benzene rings is 7. The van der Waals surface area contributed by atoms with Gasteiger partial charge in [-0.1, -0.05) is 115 Å². The van der Waals surface area contributed by atoms with E-state index in [1.54, 1.807) is 0 Å². The molecule has 48 heavy (non-hydrogen) atoms. The molecule has 2 heterocycles. The Hall–Kier alpha value is -6.32. The van der Waals surface area contributed by atoms with E-state index in [4.69, 9.17) is 4.42 Å². The van der Waals surface area contributed by atoms with Gasteiger partial charge in [0.15, 0.2) is 0 Å². The van der Waals surface area contributed by atoms with Crippen molar-refractivity contribution in [1.82, 2.24) is 5.32 Å². The van der Waals surface area contributed by atoms with Crippen molar-refractivity contribution in [2.75, 3.05) is 4.90 Å². The zero-order valence-corrected chi connectivity index (χ0v) is 26.3. The minimum absolute atomic E-state index is 0.718. The molecule has 0 atom stereocenters. The molecule has 0 radical (unpaired) electrons. The van der Waals surface area contributed by atoms with Crippen LogP contribution in [0.5, 0.6) is 0 Å². The van der Waals surface area contributed by atoms with Crippen LogP contribution in [0.3, 0.4) is 0 Å². The first kappa shape index (κ1) is 27.9. The van der Waals surface area contributed by atoms with Crippen LogP contribution in [-0.2, 0) is 6.54 Å². The van der Waals surface area contributed by atoms with Crippen molar-refractivity contribution in [3.63, 3.8) is 0 Å². The van der Waals surface area contributed by atoms with Gasteiger partial charge in [-0.15, -0.1) is 0 Å². The average Bonchev–Trinajstić information content (AvgIpc) is 3.54. The average molecular weight is 617 g/mol. The van der Waals surface area contributed by atoms with Crippen LogP contribution < -0.4 is 10.2 Å². The van der Waals surface area contributed by atoms with Gasteiger partial charge < -0.3 is 14.6 Å². The van der Waals surface area contributed by atoms with E-state index < -0.39 is 0 Å². The Bertz CT molecular complexity index is 2420. The van der Waals surface area contributed by atoms with Gasteiger partial charge in [-0.2, -0.15) is 0 Å². The monoisotopic (exact) mass is 616 g/mol. The largest absolute Gasteiger partial charge is 0.459 e. The molecule has 0 aliphatic carbocycles. The molecule has 8 aromatic rings. The number of hydrogen-bond acceptors (Lipinski definition) is 3. The number of fused-ring (bicyclic) bond motifs is 4. The molecule has 1 N–H and O–H groups in total. The molecular weight excluding hydrogens is 585 g/mol. The summed E-state index contributed by atoms with van der Waals surface area (Å²) in [5.41, 5.74) is 12.5. The zero-order chi connectivity index (χ0) is 31.9. The van der Waals surface area contributed by atoms with Gasteiger partial charge in [-0.3, -0.25) is 0 Å². The summed E-state index contributed by atoms with van der Waals surface area (Å²) in [5, 5.41) is 6.91. The lowest BCUT2D eigenvalue weighted by Crippen LogP contribution is -2.09. The minimum Gasteiger partial charge on any atom is -0.459 e. The van der Waals surface area contributed by atoms with Crippen LogP contribution in [0.25, 0.3) is 61.2 Å². The second kappa shape index (κ2) is 11.8. The van der Waals surface area contributed by atoms with Crippen LogP contribution in [0.2, 0.25) is 0 Å². The fourth-order valence-electron chi connectivity index (χ4n) is 6.91. The van der Waals surface area contributed by atoms with Crippen LogP contribution in [0.1, 0.15) is 11.3 Å². The number of anilines is 3. The first-order chi connectivity index (χ1) is 23.8. The molecule has 1 aliphatic heterocycles. The molecule has 0 saturated carbocycles. The van der Waals surface area contributed by atoms with E-state index in [9.17, 15) is 0 Å².